The molecular weight excluding hydrogens is 287 g/mol. The van der Waals surface area contributed by atoms with Crippen LogP contribution in [-0.4, -0.2) is 38.6 Å². The quantitative estimate of drug-likeness (QED) is 0.660. The standard InChI is InChI=1S/C12H17FN2O4S/c1-2-11(12(17)14-7-8-16)15-20(18,19)10-5-3-9(13)4-6-10/h3-6,11,15-16H,2,7-8H2,1H3,(H,14,17). The second-order valence-electron chi connectivity index (χ2n) is 4.05. The minimum absolute atomic E-state index is 0.0492. The van der Waals surface area contributed by atoms with Crippen molar-refractivity contribution in [1.82, 2.24) is 10.0 Å². The van der Waals surface area contributed by atoms with Gasteiger partial charge in [0, 0.05) is 6.54 Å². The summed E-state index contributed by atoms with van der Waals surface area (Å²) in [4.78, 5) is 11.6. The predicted octanol–water partition coefficient (Wildman–Crippen LogP) is -0.00890. The molecule has 0 bridgehead atoms. The van der Waals surface area contributed by atoms with Crippen molar-refractivity contribution in [3.05, 3.63) is 30.1 Å². The summed E-state index contributed by atoms with van der Waals surface area (Å²) in [7, 11) is -3.90. The monoisotopic (exact) mass is 304 g/mol. The second-order valence-corrected chi connectivity index (χ2v) is 5.76. The molecule has 0 spiro atoms. The fourth-order valence-electron chi connectivity index (χ4n) is 1.49. The van der Waals surface area contributed by atoms with Gasteiger partial charge in [-0.1, -0.05) is 6.92 Å². The molecular formula is C12H17FN2O4S. The Morgan fingerprint density at radius 2 is 1.95 bits per heavy atom. The molecule has 8 heteroatoms. The number of sulfonamides is 1. The lowest BCUT2D eigenvalue weighted by atomic mass is 10.2. The van der Waals surface area contributed by atoms with Crippen molar-refractivity contribution in [2.45, 2.75) is 24.3 Å². The summed E-state index contributed by atoms with van der Waals surface area (Å²) < 4.78 is 39.1. The molecule has 0 saturated carbocycles. The van der Waals surface area contributed by atoms with Crippen LogP contribution in [0.4, 0.5) is 4.39 Å². The van der Waals surface area contributed by atoms with E-state index >= 15 is 0 Å². The van der Waals surface area contributed by atoms with E-state index in [9.17, 15) is 17.6 Å². The third-order valence-electron chi connectivity index (χ3n) is 2.56. The van der Waals surface area contributed by atoms with Crippen LogP contribution in [0.1, 0.15) is 13.3 Å². The fourth-order valence-corrected chi connectivity index (χ4v) is 2.77. The maximum Gasteiger partial charge on any atom is 0.241 e. The first-order chi connectivity index (χ1) is 9.40. The minimum atomic E-state index is -3.90. The molecule has 6 nitrogen and oxygen atoms in total. The number of halogens is 1. The molecule has 0 saturated heterocycles. The van der Waals surface area contributed by atoms with Crippen molar-refractivity contribution in [3.63, 3.8) is 0 Å². The van der Waals surface area contributed by atoms with E-state index < -0.39 is 27.8 Å². The van der Waals surface area contributed by atoms with E-state index in [1.807, 2.05) is 0 Å². The molecule has 0 aromatic heterocycles. The summed E-state index contributed by atoms with van der Waals surface area (Å²) in [6.07, 6.45) is 0.248. The molecule has 0 fully saturated rings. The van der Waals surface area contributed by atoms with Crippen LogP contribution in [-0.2, 0) is 14.8 Å². The van der Waals surface area contributed by atoms with Crippen LogP contribution in [0, 0.1) is 5.82 Å². The highest BCUT2D eigenvalue weighted by atomic mass is 32.2. The van der Waals surface area contributed by atoms with E-state index in [1.165, 1.54) is 0 Å². The van der Waals surface area contributed by atoms with Gasteiger partial charge < -0.3 is 10.4 Å². The summed E-state index contributed by atoms with van der Waals surface area (Å²) in [5.41, 5.74) is 0. The Balaban J connectivity index is 2.82. The molecule has 1 atom stereocenters. The van der Waals surface area contributed by atoms with Gasteiger partial charge in [-0.15, -0.1) is 0 Å². The van der Waals surface area contributed by atoms with Gasteiger partial charge in [-0.2, -0.15) is 4.72 Å². The van der Waals surface area contributed by atoms with E-state index in [1.54, 1.807) is 6.92 Å². The number of hydrogen-bond acceptors (Lipinski definition) is 4. The number of rotatable bonds is 7. The Hall–Kier alpha value is -1.51. The predicted molar refractivity (Wildman–Crippen MR) is 70.9 cm³/mol. The number of hydrogen-bond donors (Lipinski definition) is 3. The van der Waals surface area contributed by atoms with E-state index in [0.717, 1.165) is 24.3 Å². The summed E-state index contributed by atoms with van der Waals surface area (Å²) in [5.74, 6) is -1.07. The zero-order valence-electron chi connectivity index (χ0n) is 11.0. The highest BCUT2D eigenvalue weighted by molar-refractivity contribution is 7.89. The Labute approximate surface area is 117 Å². The van der Waals surface area contributed by atoms with Gasteiger partial charge in [-0.05, 0) is 30.7 Å². The molecule has 3 N–H and O–H groups in total. The number of aliphatic hydroxyl groups excluding tert-OH is 1. The van der Waals surface area contributed by atoms with Crippen LogP contribution in [0.25, 0.3) is 0 Å². The van der Waals surface area contributed by atoms with Crippen molar-refractivity contribution in [1.29, 1.82) is 0 Å². The number of carbonyl (C=O) groups is 1. The fraction of sp³-hybridized carbons (Fsp3) is 0.417. The van der Waals surface area contributed by atoms with E-state index in [2.05, 4.69) is 10.0 Å². The summed E-state index contributed by atoms with van der Waals surface area (Å²) in [6, 6.07) is 3.35. The molecule has 1 rings (SSSR count). The molecule has 0 aliphatic rings. The number of carbonyl (C=O) groups excluding carboxylic acids is 1. The van der Waals surface area contributed by atoms with Gasteiger partial charge in [-0.25, -0.2) is 12.8 Å². The smallest absolute Gasteiger partial charge is 0.241 e. The van der Waals surface area contributed by atoms with E-state index in [4.69, 9.17) is 5.11 Å². The molecule has 0 aliphatic carbocycles. The molecule has 1 amide bonds. The average Bonchev–Trinajstić information content (AvgIpc) is 2.42. The minimum Gasteiger partial charge on any atom is -0.395 e. The van der Waals surface area contributed by atoms with Gasteiger partial charge in [-0.3, -0.25) is 4.79 Å². The average molecular weight is 304 g/mol. The molecule has 20 heavy (non-hydrogen) atoms. The Morgan fingerprint density at radius 3 is 2.45 bits per heavy atom. The van der Waals surface area contributed by atoms with Crippen molar-refractivity contribution in [2.75, 3.05) is 13.2 Å². The Kier molecular flexibility index (Phi) is 6.05. The van der Waals surface area contributed by atoms with Gasteiger partial charge in [0.2, 0.25) is 15.9 Å². The largest absolute Gasteiger partial charge is 0.395 e. The number of nitrogens with one attached hydrogen (secondary N) is 2. The molecule has 0 aliphatic heterocycles. The van der Waals surface area contributed by atoms with Crippen LogP contribution >= 0.6 is 0 Å². The Morgan fingerprint density at radius 1 is 1.35 bits per heavy atom. The lowest BCUT2D eigenvalue weighted by Crippen LogP contribution is -2.46. The first-order valence-corrected chi connectivity index (χ1v) is 7.55. The molecule has 0 heterocycles. The van der Waals surface area contributed by atoms with Gasteiger partial charge in [0.05, 0.1) is 11.5 Å². The van der Waals surface area contributed by atoms with Crippen LogP contribution in [0.15, 0.2) is 29.2 Å². The molecule has 0 radical (unpaired) electrons. The van der Waals surface area contributed by atoms with Gasteiger partial charge in [0.1, 0.15) is 11.9 Å². The molecule has 1 aromatic carbocycles. The molecule has 1 aromatic rings. The van der Waals surface area contributed by atoms with Crippen molar-refractivity contribution in [2.24, 2.45) is 0 Å². The molecule has 1 unspecified atom stereocenters. The first-order valence-electron chi connectivity index (χ1n) is 6.07. The second kappa shape index (κ2) is 7.32. The van der Waals surface area contributed by atoms with Gasteiger partial charge in [0.15, 0.2) is 0 Å². The summed E-state index contributed by atoms with van der Waals surface area (Å²) in [5, 5.41) is 11.0. The SMILES string of the molecule is CCC(NS(=O)(=O)c1ccc(F)cc1)C(=O)NCCO. The molecule has 112 valence electrons. The lowest BCUT2D eigenvalue weighted by molar-refractivity contribution is -0.122. The van der Waals surface area contributed by atoms with Crippen LogP contribution in [0.5, 0.6) is 0 Å². The van der Waals surface area contributed by atoms with Gasteiger partial charge in [0.25, 0.3) is 0 Å². The maximum absolute atomic E-state index is 12.8. The Bertz CT molecular complexity index is 545. The third kappa shape index (κ3) is 4.55. The van der Waals surface area contributed by atoms with Crippen LogP contribution < -0.4 is 10.0 Å². The normalized spacial score (nSPS) is 12.9. The number of aliphatic hydroxyl groups is 1. The summed E-state index contributed by atoms with van der Waals surface area (Å²) >= 11 is 0. The van der Waals surface area contributed by atoms with Crippen molar-refractivity contribution in [3.8, 4) is 0 Å². The lowest BCUT2D eigenvalue weighted by Gasteiger charge is -2.16. The van der Waals surface area contributed by atoms with E-state index in [-0.39, 0.29) is 24.5 Å². The number of amides is 1. The summed E-state index contributed by atoms with van der Waals surface area (Å²) in [6.45, 7) is 1.47. The highest BCUT2D eigenvalue weighted by Gasteiger charge is 2.23. The van der Waals surface area contributed by atoms with Gasteiger partial charge >= 0.3 is 0 Å². The van der Waals surface area contributed by atoms with Crippen LogP contribution in [0.2, 0.25) is 0 Å². The maximum atomic E-state index is 12.8. The third-order valence-corrected chi connectivity index (χ3v) is 4.04. The zero-order chi connectivity index (χ0) is 15.2. The zero-order valence-corrected chi connectivity index (χ0v) is 11.8. The van der Waals surface area contributed by atoms with E-state index in [0.29, 0.717) is 0 Å². The van der Waals surface area contributed by atoms with Crippen molar-refractivity contribution >= 4 is 15.9 Å². The highest BCUT2D eigenvalue weighted by Crippen LogP contribution is 2.11. The van der Waals surface area contributed by atoms with Crippen molar-refractivity contribution < 1.29 is 22.7 Å². The topological polar surface area (TPSA) is 95.5 Å². The number of benzene rings is 1. The van der Waals surface area contributed by atoms with Crippen LogP contribution in [0.3, 0.4) is 0 Å². The first kappa shape index (κ1) is 16.5.